The smallest absolute Gasteiger partial charge is 0.268 e. The first-order chi connectivity index (χ1) is 11.6. The molecule has 1 aromatic rings. The normalized spacial score (nSPS) is 22.3. The number of hydrogen-bond acceptors (Lipinski definition) is 4. The van der Waals surface area contributed by atoms with Gasteiger partial charge in [-0.15, -0.1) is 0 Å². The molecule has 1 unspecified atom stereocenters. The lowest BCUT2D eigenvalue weighted by Crippen LogP contribution is -2.40. The van der Waals surface area contributed by atoms with Crippen LogP contribution in [-0.4, -0.2) is 46.8 Å². The van der Waals surface area contributed by atoms with Gasteiger partial charge in [-0.25, -0.2) is 4.68 Å². The summed E-state index contributed by atoms with van der Waals surface area (Å²) in [6, 6.07) is 1.64. The molecule has 6 nitrogen and oxygen atoms in total. The first-order valence-electron chi connectivity index (χ1n) is 9.19. The second-order valence-electron chi connectivity index (χ2n) is 7.13. The quantitative estimate of drug-likeness (QED) is 0.847. The Morgan fingerprint density at radius 1 is 1.17 bits per heavy atom. The van der Waals surface area contributed by atoms with Gasteiger partial charge in [0.05, 0.1) is 11.9 Å². The highest BCUT2D eigenvalue weighted by atomic mass is 16.2. The first-order valence-corrected chi connectivity index (χ1v) is 9.19. The van der Waals surface area contributed by atoms with Crippen molar-refractivity contribution in [2.45, 2.75) is 44.9 Å². The van der Waals surface area contributed by atoms with E-state index < -0.39 is 0 Å². The summed E-state index contributed by atoms with van der Waals surface area (Å²) in [5, 5.41) is 4.11. The van der Waals surface area contributed by atoms with Gasteiger partial charge in [-0.1, -0.05) is 12.8 Å². The van der Waals surface area contributed by atoms with Crippen molar-refractivity contribution in [2.75, 3.05) is 31.1 Å². The lowest BCUT2D eigenvalue weighted by atomic mass is 9.94. The zero-order chi connectivity index (χ0) is 16.9. The third-order valence-electron chi connectivity index (χ3n) is 5.26. The van der Waals surface area contributed by atoms with Gasteiger partial charge in [0.15, 0.2) is 0 Å². The molecule has 0 aromatic carbocycles. The van der Waals surface area contributed by atoms with Gasteiger partial charge in [0.25, 0.3) is 5.56 Å². The Bertz CT molecular complexity index is 620. The van der Waals surface area contributed by atoms with E-state index in [9.17, 15) is 9.59 Å². The van der Waals surface area contributed by atoms with Gasteiger partial charge in [0.1, 0.15) is 0 Å². The third kappa shape index (κ3) is 4.16. The van der Waals surface area contributed by atoms with Gasteiger partial charge in [-0.05, 0) is 31.6 Å². The van der Waals surface area contributed by atoms with Crippen molar-refractivity contribution in [3.8, 4) is 0 Å². The Labute approximate surface area is 143 Å². The molecule has 1 atom stereocenters. The van der Waals surface area contributed by atoms with Crippen LogP contribution in [0.5, 0.6) is 0 Å². The van der Waals surface area contributed by atoms with E-state index in [4.69, 9.17) is 0 Å². The number of likely N-dealkylation sites (tertiary alicyclic amines) is 1. The number of aryl methyl sites for hydroxylation is 1. The highest BCUT2D eigenvalue weighted by Crippen LogP contribution is 2.25. The van der Waals surface area contributed by atoms with E-state index in [0.717, 1.165) is 57.5 Å². The van der Waals surface area contributed by atoms with Crippen LogP contribution in [0.3, 0.4) is 0 Å². The summed E-state index contributed by atoms with van der Waals surface area (Å²) in [6.45, 7) is 3.62. The summed E-state index contributed by atoms with van der Waals surface area (Å²) in [7, 11) is 1.66. The highest BCUT2D eigenvalue weighted by molar-refractivity contribution is 5.76. The van der Waals surface area contributed by atoms with Crippen molar-refractivity contribution < 1.29 is 4.79 Å². The molecule has 0 spiro atoms. The maximum atomic E-state index is 12.6. The SMILES string of the molecule is Cn1ncc(N2CCCC(CC(=O)N3CCCCCC3)C2)cc1=O. The Morgan fingerprint density at radius 3 is 2.62 bits per heavy atom. The Hall–Kier alpha value is -1.85. The third-order valence-corrected chi connectivity index (χ3v) is 5.26. The number of aromatic nitrogens is 2. The second-order valence-corrected chi connectivity index (χ2v) is 7.13. The van der Waals surface area contributed by atoms with E-state index in [2.05, 4.69) is 14.9 Å². The number of hydrogen-bond donors (Lipinski definition) is 0. The largest absolute Gasteiger partial charge is 0.370 e. The number of carbonyl (C=O) groups excluding carboxylic acids is 1. The molecule has 1 amide bonds. The summed E-state index contributed by atoms with van der Waals surface area (Å²) in [6.07, 6.45) is 9.31. The number of anilines is 1. The summed E-state index contributed by atoms with van der Waals surface area (Å²) in [5.41, 5.74) is 0.792. The fraction of sp³-hybridized carbons (Fsp3) is 0.722. The van der Waals surface area contributed by atoms with Crippen molar-refractivity contribution in [2.24, 2.45) is 13.0 Å². The number of rotatable bonds is 3. The van der Waals surface area contributed by atoms with Gasteiger partial charge in [0.2, 0.25) is 5.91 Å². The molecular weight excluding hydrogens is 304 g/mol. The van der Waals surface area contributed by atoms with E-state index >= 15 is 0 Å². The van der Waals surface area contributed by atoms with Crippen molar-refractivity contribution in [1.29, 1.82) is 0 Å². The van der Waals surface area contributed by atoms with Crippen LogP contribution in [0.25, 0.3) is 0 Å². The van der Waals surface area contributed by atoms with E-state index in [1.54, 1.807) is 19.3 Å². The summed E-state index contributed by atoms with van der Waals surface area (Å²) in [5.74, 6) is 0.685. The second kappa shape index (κ2) is 7.81. The van der Waals surface area contributed by atoms with E-state index in [0.29, 0.717) is 18.2 Å². The Balaban J connectivity index is 1.59. The molecule has 2 aliphatic heterocycles. The number of piperidine rings is 1. The molecule has 0 N–H and O–H groups in total. The minimum atomic E-state index is -0.0877. The van der Waals surface area contributed by atoms with Gasteiger partial charge >= 0.3 is 0 Å². The fourth-order valence-corrected chi connectivity index (χ4v) is 3.80. The Morgan fingerprint density at radius 2 is 1.92 bits per heavy atom. The van der Waals surface area contributed by atoms with Crippen LogP contribution < -0.4 is 10.5 Å². The Kier molecular flexibility index (Phi) is 5.53. The van der Waals surface area contributed by atoms with Gasteiger partial charge in [-0.2, -0.15) is 5.10 Å². The minimum Gasteiger partial charge on any atom is -0.370 e. The molecular formula is C18H28N4O2. The lowest BCUT2D eigenvalue weighted by Gasteiger charge is -2.34. The minimum absolute atomic E-state index is 0.0877. The van der Waals surface area contributed by atoms with Crippen LogP contribution in [0, 0.1) is 5.92 Å². The van der Waals surface area contributed by atoms with Crippen LogP contribution in [-0.2, 0) is 11.8 Å². The summed E-state index contributed by atoms with van der Waals surface area (Å²) < 4.78 is 1.34. The summed E-state index contributed by atoms with van der Waals surface area (Å²) >= 11 is 0. The monoisotopic (exact) mass is 332 g/mol. The van der Waals surface area contributed by atoms with E-state index in [1.807, 2.05) is 0 Å². The molecule has 0 aliphatic carbocycles. The van der Waals surface area contributed by atoms with Crippen LogP contribution in [0.15, 0.2) is 17.1 Å². The average Bonchev–Trinajstić information content (AvgIpc) is 2.87. The predicted molar refractivity (Wildman–Crippen MR) is 94.1 cm³/mol. The first kappa shape index (κ1) is 17.0. The molecule has 3 rings (SSSR count). The topological polar surface area (TPSA) is 58.4 Å². The van der Waals surface area contributed by atoms with Crippen molar-refractivity contribution in [1.82, 2.24) is 14.7 Å². The molecule has 2 fully saturated rings. The van der Waals surface area contributed by atoms with Crippen LogP contribution in [0.4, 0.5) is 5.69 Å². The molecule has 6 heteroatoms. The molecule has 2 aliphatic rings. The lowest BCUT2D eigenvalue weighted by molar-refractivity contribution is -0.132. The molecule has 0 saturated carbocycles. The van der Waals surface area contributed by atoms with Crippen LogP contribution in [0.2, 0.25) is 0 Å². The molecule has 3 heterocycles. The average molecular weight is 332 g/mol. The molecule has 2 saturated heterocycles. The number of nitrogens with zero attached hydrogens (tertiary/aromatic N) is 4. The fourth-order valence-electron chi connectivity index (χ4n) is 3.80. The van der Waals surface area contributed by atoms with Gasteiger partial charge < -0.3 is 9.80 Å². The molecule has 0 bridgehead atoms. The molecule has 0 radical (unpaired) electrons. The predicted octanol–water partition coefficient (Wildman–Crippen LogP) is 1.79. The maximum Gasteiger partial charge on any atom is 0.268 e. The van der Waals surface area contributed by atoms with Crippen LogP contribution in [0.1, 0.15) is 44.9 Å². The van der Waals surface area contributed by atoms with Crippen molar-refractivity contribution in [3.63, 3.8) is 0 Å². The molecule has 1 aromatic heterocycles. The zero-order valence-electron chi connectivity index (χ0n) is 14.6. The molecule has 24 heavy (non-hydrogen) atoms. The van der Waals surface area contributed by atoms with E-state index in [-0.39, 0.29) is 5.56 Å². The summed E-state index contributed by atoms with van der Waals surface area (Å²) in [4.78, 5) is 28.7. The zero-order valence-corrected chi connectivity index (χ0v) is 14.6. The number of amides is 1. The standard InChI is InChI=1S/C18H28N4O2/c1-20-17(23)12-16(13-19-20)22-10-6-7-15(14-22)11-18(24)21-8-4-2-3-5-9-21/h12-13,15H,2-11,14H2,1H3. The van der Waals surface area contributed by atoms with Crippen molar-refractivity contribution in [3.05, 3.63) is 22.6 Å². The number of carbonyl (C=O) groups is 1. The van der Waals surface area contributed by atoms with Crippen molar-refractivity contribution >= 4 is 11.6 Å². The maximum absolute atomic E-state index is 12.6. The van der Waals surface area contributed by atoms with Gasteiger partial charge in [-0.3, -0.25) is 9.59 Å². The van der Waals surface area contributed by atoms with E-state index in [1.165, 1.54) is 17.5 Å². The van der Waals surface area contributed by atoms with Gasteiger partial charge in [0, 0.05) is 45.7 Å². The molecule has 132 valence electrons. The van der Waals surface area contributed by atoms with Crippen LogP contribution >= 0.6 is 0 Å². The highest BCUT2D eigenvalue weighted by Gasteiger charge is 2.25.